The van der Waals surface area contributed by atoms with Gasteiger partial charge >= 0.3 is 0 Å². The van der Waals surface area contributed by atoms with Crippen LogP contribution in [0.5, 0.6) is 5.88 Å². The SMILES string of the molecule is CCNc1cc(OCC(C)C)nc(C2CC2)n1. The van der Waals surface area contributed by atoms with Crippen molar-refractivity contribution >= 4 is 5.82 Å². The summed E-state index contributed by atoms with van der Waals surface area (Å²) in [5.74, 6) is 3.57. The summed E-state index contributed by atoms with van der Waals surface area (Å²) in [6.07, 6.45) is 2.42. The molecule has 0 aromatic carbocycles. The van der Waals surface area contributed by atoms with E-state index in [0.29, 0.717) is 24.3 Å². The minimum Gasteiger partial charge on any atom is -0.477 e. The van der Waals surface area contributed by atoms with Crippen LogP contribution in [0.1, 0.15) is 45.4 Å². The lowest BCUT2D eigenvalue weighted by Crippen LogP contribution is -2.09. The molecule has 94 valence electrons. The van der Waals surface area contributed by atoms with Crippen molar-refractivity contribution < 1.29 is 4.74 Å². The highest BCUT2D eigenvalue weighted by Crippen LogP contribution is 2.39. The molecule has 0 radical (unpaired) electrons. The summed E-state index contributed by atoms with van der Waals surface area (Å²) < 4.78 is 5.68. The van der Waals surface area contributed by atoms with Crippen LogP contribution in [0.15, 0.2) is 6.07 Å². The number of hydrogen-bond donors (Lipinski definition) is 1. The van der Waals surface area contributed by atoms with Gasteiger partial charge in [0.25, 0.3) is 0 Å². The third-order valence-corrected chi connectivity index (χ3v) is 2.58. The molecule has 0 spiro atoms. The molecule has 4 heteroatoms. The van der Waals surface area contributed by atoms with E-state index in [4.69, 9.17) is 4.74 Å². The van der Waals surface area contributed by atoms with Crippen LogP contribution in [0, 0.1) is 5.92 Å². The molecular formula is C13H21N3O. The molecule has 0 unspecified atom stereocenters. The Morgan fingerprint density at radius 3 is 2.76 bits per heavy atom. The van der Waals surface area contributed by atoms with Crippen molar-refractivity contribution in [3.63, 3.8) is 0 Å². The van der Waals surface area contributed by atoms with Crippen molar-refractivity contribution in [3.05, 3.63) is 11.9 Å². The molecule has 1 aromatic rings. The summed E-state index contributed by atoms with van der Waals surface area (Å²) in [6.45, 7) is 7.90. The Kier molecular flexibility index (Phi) is 3.82. The molecule has 1 aliphatic rings. The van der Waals surface area contributed by atoms with Crippen molar-refractivity contribution in [1.82, 2.24) is 9.97 Å². The van der Waals surface area contributed by atoms with Crippen LogP contribution >= 0.6 is 0 Å². The molecular weight excluding hydrogens is 214 g/mol. The predicted molar refractivity (Wildman–Crippen MR) is 68.5 cm³/mol. The van der Waals surface area contributed by atoms with Gasteiger partial charge in [0.1, 0.15) is 11.6 Å². The molecule has 0 atom stereocenters. The van der Waals surface area contributed by atoms with E-state index >= 15 is 0 Å². The third kappa shape index (κ3) is 3.58. The third-order valence-electron chi connectivity index (χ3n) is 2.58. The van der Waals surface area contributed by atoms with E-state index in [1.54, 1.807) is 0 Å². The zero-order valence-corrected chi connectivity index (χ0v) is 10.9. The monoisotopic (exact) mass is 235 g/mol. The quantitative estimate of drug-likeness (QED) is 0.823. The first-order chi connectivity index (χ1) is 8.19. The molecule has 4 nitrogen and oxygen atoms in total. The van der Waals surface area contributed by atoms with Gasteiger partial charge in [0.15, 0.2) is 0 Å². The Labute approximate surface area is 103 Å². The number of aromatic nitrogens is 2. The van der Waals surface area contributed by atoms with E-state index in [0.717, 1.165) is 18.2 Å². The van der Waals surface area contributed by atoms with Crippen LogP contribution in [0.3, 0.4) is 0 Å². The summed E-state index contributed by atoms with van der Waals surface area (Å²) in [6, 6.07) is 1.89. The fourth-order valence-electron chi connectivity index (χ4n) is 1.56. The van der Waals surface area contributed by atoms with E-state index < -0.39 is 0 Å². The number of anilines is 1. The summed E-state index contributed by atoms with van der Waals surface area (Å²) >= 11 is 0. The summed E-state index contributed by atoms with van der Waals surface area (Å²) in [5, 5.41) is 3.23. The second-order valence-electron chi connectivity index (χ2n) is 4.96. The van der Waals surface area contributed by atoms with Crippen LogP contribution in [0.4, 0.5) is 5.82 Å². The van der Waals surface area contributed by atoms with Crippen LogP contribution in [0.2, 0.25) is 0 Å². The number of rotatable bonds is 6. The largest absolute Gasteiger partial charge is 0.477 e. The van der Waals surface area contributed by atoms with Crippen LogP contribution in [-0.4, -0.2) is 23.1 Å². The van der Waals surface area contributed by atoms with Crippen LogP contribution in [0.25, 0.3) is 0 Å². The average molecular weight is 235 g/mol. The molecule has 1 aliphatic carbocycles. The smallest absolute Gasteiger partial charge is 0.218 e. The van der Waals surface area contributed by atoms with Gasteiger partial charge in [-0.25, -0.2) is 4.98 Å². The molecule has 1 N–H and O–H groups in total. The summed E-state index contributed by atoms with van der Waals surface area (Å²) in [4.78, 5) is 8.99. The van der Waals surface area contributed by atoms with Gasteiger partial charge < -0.3 is 10.1 Å². The second-order valence-corrected chi connectivity index (χ2v) is 4.96. The predicted octanol–water partition coefficient (Wildman–Crippen LogP) is 2.82. The second kappa shape index (κ2) is 5.34. The maximum atomic E-state index is 5.68. The Bertz CT molecular complexity index is 375. The molecule has 0 saturated heterocycles. The van der Waals surface area contributed by atoms with Crippen LogP contribution < -0.4 is 10.1 Å². The lowest BCUT2D eigenvalue weighted by atomic mass is 10.2. The molecule has 0 aliphatic heterocycles. The number of nitrogens with zero attached hydrogens (tertiary/aromatic N) is 2. The van der Waals surface area contributed by atoms with E-state index in [1.807, 2.05) is 6.07 Å². The molecule has 0 amide bonds. The van der Waals surface area contributed by atoms with Gasteiger partial charge in [-0.05, 0) is 25.7 Å². The van der Waals surface area contributed by atoms with Crippen molar-refractivity contribution in [2.45, 2.75) is 39.5 Å². The molecule has 1 heterocycles. The van der Waals surface area contributed by atoms with Crippen molar-refractivity contribution in [1.29, 1.82) is 0 Å². The highest BCUT2D eigenvalue weighted by atomic mass is 16.5. The van der Waals surface area contributed by atoms with Gasteiger partial charge in [-0.15, -0.1) is 0 Å². The van der Waals surface area contributed by atoms with Gasteiger partial charge in [0, 0.05) is 18.5 Å². The standard InChI is InChI=1S/C13H21N3O/c1-4-14-11-7-12(17-8-9(2)3)16-13(15-11)10-5-6-10/h7,9-10H,4-6,8H2,1-3H3,(H,14,15,16). The summed E-state index contributed by atoms with van der Waals surface area (Å²) in [5.41, 5.74) is 0. The summed E-state index contributed by atoms with van der Waals surface area (Å²) in [7, 11) is 0. The Hall–Kier alpha value is -1.32. The van der Waals surface area contributed by atoms with Gasteiger partial charge in [-0.3, -0.25) is 0 Å². The van der Waals surface area contributed by atoms with E-state index in [1.165, 1.54) is 12.8 Å². The lowest BCUT2D eigenvalue weighted by molar-refractivity contribution is 0.260. The molecule has 1 fully saturated rings. The number of hydrogen-bond acceptors (Lipinski definition) is 4. The zero-order valence-electron chi connectivity index (χ0n) is 10.9. The van der Waals surface area contributed by atoms with Crippen LogP contribution in [-0.2, 0) is 0 Å². The fourth-order valence-corrected chi connectivity index (χ4v) is 1.56. The molecule has 1 aromatic heterocycles. The van der Waals surface area contributed by atoms with Crippen molar-refractivity contribution in [2.24, 2.45) is 5.92 Å². The molecule has 17 heavy (non-hydrogen) atoms. The first kappa shape index (κ1) is 12.1. The topological polar surface area (TPSA) is 47.0 Å². The molecule has 2 rings (SSSR count). The average Bonchev–Trinajstić information content (AvgIpc) is 3.10. The highest BCUT2D eigenvalue weighted by Gasteiger charge is 2.27. The zero-order chi connectivity index (χ0) is 12.3. The van der Waals surface area contributed by atoms with Gasteiger partial charge in [0.05, 0.1) is 6.61 Å². The number of ether oxygens (including phenoxy) is 1. The first-order valence-electron chi connectivity index (χ1n) is 6.44. The highest BCUT2D eigenvalue weighted by molar-refractivity contribution is 5.39. The normalized spacial score (nSPS) is 15.1. The Morgan fingerprint density at radius 1 is 1.41 bits per heavy atom. The lowest BCUT2D eigenvalue weighted by Gasteiger charge is -2.11. The van der Waals surface area contributed by atoms with E-state index in [2.05, 4.69) is 36.1 Å². The van der Waals surface area contributed by atoms with Gasteiger partial charge in [-0.1, -0.05) is 13.8 Å². The van der Waals surface area contributed by atoms with Gasteiger partial charge in [0.2, 0.25) is 5.88 Å². The van der Waals surface area contributed by atoms with E-state index in [-0.39, 0.29) is 0 Å². The fraction of sp³-hybridized carbons (Fsp3) is 0.692. The molecule has 0 bridgehead atoms. The Morgan fingerprint density at radius 2 is 2.18 bits per heavy atom. The van der Waals surface area contributed by atoms with Gasteiger partial charge in [-0.2, -0.15) is 4.98 Å². The minimum atomic E-state index is 0.511. The maximum Gasteiger partial charge on any atom is 0.218 e. The number of nitrogens with one attached hydrogen (secondary N) is 1. The molecule has 1 saturated carbocycles. The maximum absolute atomic E-state index is 5.68. The first-order valence-corrected chi connectivity index (χ1v) is 6.44. The van der Waals surface area contributed by atoms with E-state index in [9.17, 15) is 0 Å². The van der Waals surface area contributed by atoms with Crippen molar-refractivity contribution in [2.75, 3.05) is 18.5 Å². The van der Waals surface area contributed by atoms with Crippen molar-refractivity contribution in [3.8, 4) is 5.88 Å². The minimum absolute atomic E-state index is 0.511. The Balaban J connectivity index is 2.12.